The van der Waals surface area contributed by atoms with Crippen molar-refractivity contribution in [1.29, 1.82) is 0 Å². The van der Waals surface area contributed by atoms with Crippen molar-refractivity contribution in [2.75, 3.05) is 19.0 Å². The number of hydrogen-bond donors (Lipinski definition) is 1. The summed E-state index contributed by atoms with van der Waals surface area (Å²) >= 11 is 0. The number of nitrogens with one attached hydrogen (secondary N) is 1. The number of anilines is 1. The van der Waals surface area contributed by atoms with Gasteiger partial charge in [-0.2, -0.15) is 13.2 Å². The average molecular weight is 298 g/mol. The number of nitrogens with zero attached hydrogens (tertiary/aromatic N) is 1. The number of alkyl halides is 3. The minimum Gasteiger partial charge on any atom is -0.482 e. The largest absolute Gasteiger partial charge is 0.482 e. The zero-order valence-corrected chi connectivity index (χ0v) is 11.9. The summed E-state index contributed by atoms with van der Waals surface area (Å²) < 4.78 is 41.9. The maximum atomic E-state index is 12.3. The summed E-state index contributed by atoms with van der Waals surface area (Å²) in [5, 5.41) is 3.80. The summed E-state index contributed by atoms with van der Waals surface area (Å²) in [4.78, 5) is 4.44. The minimum absolute atomic E-state index is 0.152. The molecule has 6 heteroatoms. The zero-order chi connectivity index (χ0) is 15.5. The minimum atomic E-state index is -4.37. The standard InChI is InChI=1S/C15H17F3N2O/c1-3-5-10-8-12(19-2)11-6-4-7-13(14(11)20-10)21-9-15(16,17)18/h4,6-8H,3,5,9H2,1-2H3,(H,19,20). The molecule has 0 radical (unpaired) electrons. The first-order valence-electron chi connectivity index (χ1n) is 6.74. The van der Waals surface area contributed by atoms with Crippen LogP contribution in [0.3, 0.4) is 0 Å². The molecule has 1 aromatic heterocycles. The van der Waals surface area contributed by atoms with Crippen LogP contribution < -0.4 is 10.1 Å². The van der Waals surface area contributed by atoms with Crippen LogP contribution in [0.5, 0.6) is 5.75 Å². The highest BCUT2D eigenvalue weighted by molar-refractivity contribution is 5.95. The molecular formula is C15H17F3N2O. The van der Waals surface area contributed by atoms with E-state index in [1.54, 1.807) is 13.1 Å². The Hall–Kier alpha value is -1.98. The summed E-state index contributed by atoms with van der Waals surface area (Å²) in [6, 6.07) is 6.90. The SMILES string of the molecule is CCCc1cc(NC)c2cccc(OCC(F)(F)F)c2n1. The van der Waals surface area contributed by atoms with Crippen LogP contribution in [-0.4, -0.2) is 24.8 Å². The quantitative estimate of drug-likeness (QED) is 0.899. The molecular weight excluding hydrogens is 281 g/mol. The monoisotopic (exact) mass is 298 g/mol. The normalized spacial score (nSPS) is 11.7. The predicted molar refractivity (Wildman–Crippen MR) is 76.8 cm³/mol. The Labute approximate surface area is 121 Å². The Morgan fingerprint density at radius 2 is 2.05 bits per heavy atom. The first-order chi connectivity index (χ1) is 9.94. The van der Waals surface area contributed by atoms with Gasteiger partial charge in [0.05, 0.1) is 0 Å². The van der Waals surface area contributed by atoms with Crippen molar-refractivity contribution in [3.8, 4) is 5.75 Å². The number of para-hydroxylation sites is 1. The lowest BCUT2D eigenvalue weighted by Crippen LogP contribution is -2.19. The highest BCUT2D eigenvalue weighted by atomic mass is 19.4. The van der Waals surface area contributed by atoms with Crippen molar-refractivity contribution >= 4 is 16.6 Å². The molecule has 1 aromatic carbocycles. The lowest BCUT2D eigenvalue weighted by Gasteiger charge is -2.14. The van der Waals surface area contributed by atoms with Crippen molar-refractivity contribution < 1.29 is 17.9 Å². The van der Waals surface area contributed by atoms with Crippen LogP contribution in [0.15, 0.2) is 24.3 Å². The van der Waals surface area contributed by atoms with Crippen LogP contribution in [0, 0.1) is 0 Å². The first-order valence-corrected chi connectivity index (χ1v) is 6.74. The van der Waals surface area contributed by atoms with Gasteiger partial charge in [-0.25, -0.2) is 4.98 Å². The lowest BCUT2D eigenvalue weighted by molar-refractivity contribution is -0.153. The van der Waals surface area contributed by atoms with E-state index in [-0.39, 0.29) is 5.75 Å². The molecule has 1 N–H and O–H groups in total. The molecule has 0 atom stereocenters. The molecule has 0 unspecified atom stereocenters. The van der Waals surface area contributed by atoms with Crippen molar-refractivity contribution in [3.05, 3.63) is 30.0 Å². The van der Waals surface area contributed by atoms with E-state index in [1.807, 2.05) is 19.1 Å². The number of ether oxygens (including phenoxy) is 1. The van der Waals surface area contributed by atoms with Gasteiger partial charge < -0.3 is 10.1 Å². The first kappa shape index (κ1) is 15.4. The predicted octanol–water partition coefficient (Wildman–Crippen LogP) is 4.17. The number of hydrogen-bond acceptors (Lipinski definition) is 3. The number of rotatable bonds is 5. The number of pyridine rings is 1. The molecule has 0 spiro atoms. The maximum Gasteiger partial charge on any atom is 0.422 e. The van der Waals surface area contributed by atoms with Crippen molar-refractivity contribution in [1.82, 2.24) is 4.98 Å². The van der Waals surface area contributed by atoms with Gasteiger partial charge in [-0.15, -0.1) is 0 Å². The molecule has 2 aromatic rings. The molecule has 0 bridgehead atoms. The van der Waals surface area contributed by atoms with Crippen LogP contribution in [0.4, 0.5) is 18.9 Å². The fourth-order valence-corrected chi connectivity index (χ4v) is 2.14. The molecule has 2 rings (SSSR count). The highest BCUT2D eigenvalue weighted by Crippen LogP contribution is 2.31. The Morgan fingerprint density at radius 1 is 1.29 bits per heavy atom. The maximum absolute atomic E-state index is 12.3. The molecule has 1 heterocycles. The van der Waals surface area contributed by atoms with Crippen LogP contribution in [-0.2, 0) is 6.42 Å². The van der Waals surface area contributed by atoms with Gasteiger partial charge in [-0.1, -0.05) is 25.5 Å². The van der Waals surface area contributed by atoms with Gasteiger partial charge in [0, 0.05) is 23.8 Å². The number of benzene rings is 1. The van der Waals surface area contributed by atoms with Crippen LogP contribution in [0.25, 0.3) is 10.9 Å². The van der Waals surface area contributed by atoms with E-state index in [1.165, 1.54) is 6.07 Å². The molecule has 0 saturated carbocycles. The van der Waals surface area contributed by atoms with Crippen LogP contribution >= 0.6 is 0 Å². The fraction of sp³-hybridized carbons (Fsp3) is 0.400. The van der Waals surface area contributed by atoms with E-state index < -0.39 is 12.8 Å². The molecule has 21 heavy (non-hydrogen) atoms. The third kappa shape index (κ3) is 3.77. The number of aryl methyl sites for hydroxylation is 1. The van der Waals surface area contributed by atoms with Gasteiger partial charge in [-0.05, 0) is 18.6 Å². The number of fused-ring (bicyclic) bond motifs is 1. The smallest absolute Gasteiger partial charge is 0.422 e. The molecule has 0 aliphatic carbocycles. The van der Waals surface area contributed by atoms with Gasteiger partial charge in [0.1, 0.15) is 11.3 Å². The Morgan fingerprint density at radius 3 is 2.67 bits per heavy atom. The van der Waals surface area contributed by atoms with Gasteiger partial charge in [0.25, 0.3) is 0 Å². The molecule has 0 saturated heterocycles. The summed E-state index contributed by atoms with van der Waals surface area (Å²) in [6.07, 6.45) is -2.69. The third-order valence-corrected chi connectivity index (χ3v) is 3.02. The summed E-state index contributed by atoms with van der Waals surface area (Å²) in [7, 11) is 1.77. The molecule has 3 nitrogen and oxygen atoms in total. The van der Waals surface area contributed by atoms with Gasteiger partial charge in [0.2, 0.25) is 0 Å². The molecule has 0 amide bonds. The molecule has 0 aliphatic rings. The van der Waals surface area contributed by atoms with E-state index in [2.05, 4.69) is 10.3 Å². The third-order valence-electron chi connectivity index (χ3n) is 3.02. The summed E-state index contributed by atoms with van der Waals surface area (Å²) in [5.74, 6) is 0.152. The molecule has 0 aliphatic heterocycles. The number of halogens is 3. The number of aromatic nitrogens is 1. The van der Waals surface area contributed by atoms with Crippen LogP contribution in [0.2, 0.25) is 0 Å². The Balaban J connectivity index is 2.48. The van der Waals surface area contributed by atoms with E-state index in [0.717, 1.165) is 29.6 Å². The lowest BCUT2D eigenvalue weighted by atomic mass is 10.1. The van der Waals surface area contributed by atoms with Gasteiger partial charge in [0.15, 0.2) is 6.61 Å². The van der Waals surface area contributed by atoms with Crippen LogP contribution in [0.1, 0.15) is 19.0 Å². The summed E-state index contributed by atoms with van der Waals surface area (Å²) in [6.45, 7) is 0.706. The Kier molecular flexibility index (Phi) is 4.55. The topological polar surface area (TPSA) is 34.1 Å². The molecule has 0 fully saturated rings. The Bertz CT molecular complexity index is 626. The summed E-state index contributed by atoms with van der Waals surface area (Å²) in [5.41, 5.74) is 2.12. The highest BCUT2D eigenvalue weighted by Gasteiger charge is 2.28. The zero-order valence-electron chi connectivity index (χ0n) is 11.9. The molecule has 114 valence electrons. The van der Waals surface area contributed by atoms with Gasteiger partial charge >= 0.3 is 6.18 Å². The van der Waals surface area contributed by atoms with Crippen molar-refractivity contribution in [3.63, 3.8) is 0 Å². The van der Waals surface area contributed by atoms with Gasteiger partial charge in [-0.3, -0.25) is 0 Å². The van der Waals surface area contributed by atoms with Crippen molar-refractivity contribution in [2.45, 2.75) is 25.9 Å². The van der Waals surface area contributed by atoms with Crippen molar-refractivity contribution in [2.24, 2.45) is 0 Å². The van der Waals surface area contributed by atoms with E-state index in [4.69, 9.17) is 4.74 Å². The van der Waals surface area contributed by atoms with E-state index in [0.29, 0.717) is 5.52 Å². The van der Waals surface area contributed by atoms with E-state index in [9.17, 15) is 13.2 Å². The average Bonchev–Trinajstić information content (AvgIpc) is 2.43. The second-order valence-electron chi connectivity index (χ2n) is 4.72. The van der Waals surface area contributed by atoms with E-state index >= 15 is 0 Å². The fourth-order valence-electron chi connectivity index (χ4n) is 2.14. The second-order valence-corrected chi connectivity index (χ2v) is 4.72. The second kappa shape index (κ2) is 6.20.